The van der Waals surface area contributed by atoms with Crippen molar-refractivity contribution in [1.29, 1.82) is 0 Å². The third-order valence-electron chi connectivity index (χ3n) is 8.23. The lowest BCUT2D eigenvalue weighted by molar-refractivity contribution is 0.655. The van der Waals surface area contributed by atoms with Gasteiger partial charge in [-0.05, 0) is 67.8 Å². The maximum absolute atomic E-state index is 3.70. The molecule has 0 unspecified atom stereocenters. The first-order valence-corrected chi connectivity index (χ1v) is 13.0. The van der Waals surface area contributed by atoms with Crippen LogP contribution >= 0.6 is 15.9 Å². The molecule has 1 heteroatoms. The normalized spacial score (nSPS) is 15.7. The summed E-state index contributed by atoms with van der Waals surface area (Å²) in [5.41, 5.74) is 13.1. The Bertz CT molecular complexity index is 1580. The summed E-state index contributed by atoms with van der Waals surface area (Å²) in [5, 5.41) is 0. The Morgan fingerprint density at radius 2 is 0.971 bits per heavy atom. The van der Waals surface area contributed by atoms with E-state index in [0.29, 0.717) is 0 Å². The Morgan fingerprint density at radius 1 is 0.457 bits per heavy atom. The summed E-state index contributed by atoms with van der Waals surface area (Å²) in [6.45, 7) is 4.72. The molecule has 0 fully saturated rings. The monoisotopic (exact) mass is 512 g/mol. The highest BCUT2D eigenvalue weighted by Crippen LogP contribution is 2.58. The highest BCUT2D eigenvalue weighted by atomic mass is 79.9. The van der Waals surface area contributed by atoms with Crippen molar-refractivity contribution < 1.29 is 0 Å². The summed E-state index contributed by atoms with van der Waals surface area (Å²) in [5.74, 6) is 0. The second-order valence-corrected chi connectivity index (χ2v) is 11.2. The van der Waals surface area contributed by atoms with Gasteiger partial charge in [-0.25, -0.2) is 0 Å². The average molecular weight is 513 g/mol. The first kappa shape index (κ1) is 20.9. The first-order chi connectivity index (χ1) is 17.0. The van der Waals surface area contributed by atoms with E-state index < -0.39 is 0 Å². The van der Waals surface area contributed by atoms with Crippen LogP contribution in [0.2, 0.25) is 0 Å². The van der Waals surface area contributed by atoms with Crippen LogP contribution in [0.4, 0.5) is 0 Å². The zero-order chi connectivity index (χ0) is 23.8. The van der Waals surface area contributed by atoms with Gasteiger partial charge in [0.1, 0.15) is 0 Å². The lowest BCUT2D eigenvalue weighted by Crippen LogP contribution is -2.29. The topological polar surface area (TPSA) is 0 Å². The van der Waals surface area contributed by atoms with Crippen molar-refractivity contribution >= 4 is 15.9 Å². The molecule has 0 atom stereocenters. The Morgan fingerprint density at radius 3 is 1.63 bits per heavy atom. The predicted molar refractivity (Wildman–Crippen MR) is 149 cm³/mol. The number of hydrogen-bond acceptors (Lipinski definition) is 0. The standard InChI is InChI=1S/C34H25Br/c1-33(2)31-20-23(16-18-27(31)28-19-17-24(35)21-32(28)33)34(22-10-4-3-5-11-22)29-14-8-6-12-25(29)26-13-7-9-15-30(26)34/h3-21H,1-2H3. The summed E-state index contributed by atoms with van der Waals surface area (Å²) in [6, 6.07) is 42.9. The van der Waals surface area contributed by atoms with Crippen molar-refractivity contribution in [2.75, 3.05) is 0 Å². The van der Waals surface area contributed by atoms with Crippen molar-refractivity contribution in [3.63, 3.8) is 0 Å². The molecule has 0 saturated heterocycles. The van der Waals surface area contributed by atoms with Crippen LogP contribution in [-0.2, 0) is 10.8 Å². The second-order valence-electron chi connectivity index (χ2n) is 10.3. The lowest BCUT2D eigenvalue weighted by Gasteiger charge is -2.35. The maximum Gasteiger partial charge on any atom is 0.0713 e. The Hall–Kier alpha value is -3.42. The van der Waals surface area contributed by atoms with Gasteiger partial charge in [0.05, 0.1) is 5.41 Å². The molecule has 0 saturated carbocycles. The fourth-order valence-corrected chi connectivity index (χ4v) is 7.02. The van der Waals surface area contributed by atoms with E-state index in [1.54, 1.807) is 0 Å². The molecule has 35 heavy (non-hydrogen) atoms. The quantitative estimate of drug-likeness (QED) is 0.217. The van der Waals surface area contributed by atoms with Crippen molar-refractivity contribution in [3.05, 3.63) is 153 Å². The summed E-state index contributed by atoms with van der Waals surface area (Å²) >= 11 is 3.70. The summed E-state index contributed by atoms with van der Waals surface area (Å²) < 4.78 is 1.14. The molecular weight excluding hydrogens is 488 g/mol. The zero-order valence-corrected chi connectivity index (χ0v) is 21.4. The van der Waals surface area contributed by atoms with E-state index in [-0.39, 0.29) is 10.8 Å². The van der Waals surface area contributed by atoms with E-state index >= 15 is 0 Å². The first-order valence-electron chi connectivity index (χ1n) is 12.2. The van der Waals surface area contributed by atoms with Crippen LogP contribution in [0.3, 0.4) is 0 Å². The van der Waals surface area contributed by atoms with Crippen LogP contribution in [0.5, 0.6) is 0 Å². The fraction of sp³-hybridized carbons (Fsp3) is 0.118. The molecule has 0 bridgehead atoms. The van der Waals surface area contributed by atoms with Gasteiger partial charge in [0.15, 0.2) is 0 Å². The van der Waals surface area contributed by atoms with Gasteiger partial charge in [-0.15, -0.1) is 0 Å². The smallest absolute Gasteiger partial charge is 0.0622 e. The Labute approximate surface area is 215 Å². The molecule has 0 radical (unpaired) electrons. The largest absolute Gasteiger partial charge is 0.0713 e. The van der Waals surface area contributed by atoms with Gasteiger partial charge in [-0.1, -0.05) is 133 Å². The van der Waals surface area contributed by atoms with Crippen LogP contribution < -0.4 is 0 Å². The highest BCUT2D eigenvalue weighted by Gasteiger charge is 2.47. The van der Waals surface area contributed by atoms with Crippen LogP contribution in [0, 0.1) is 0 Å². The molecule has 0 heterocycles. The summed E-state index contributed by atoms with van der Waals surface area (Å²) in [6.07, 6.45) is 0. The highest BCUT2D eigenvalue weighted by molar-refractivity contribution is 9.10. The van der Waals surface area contributed by atoms with Gasteiger partial charge >= 0.3 is 0 Å². The maximum atomic E-state index is 3.70. The van der Waals surface area contributed by atoms with Crippen LogP contribution in [-0.4, -0.2) is 0 Å². The van der Waals surface area contributed by atoms with E-state index in [9.17, 15) is 0 Å². The van der Waals surface area contributed by atoms with Crippen molar-refractivity contribution in [1.82, 2.24) is 0 Å². The van der Waals surface area contributed by atoms with Gasteiger partial charge in [0, 0.05) is 9.89 Å². The zero-order valence-electron chi connectivity index (χ0n) is 19.8. The molecule has 0 nitrogen and oxygen atoms in total. The molecule has 0 spiro atoms. The van der Waals surface area contributed by atoms with Crippen LogP contribution in [0.1, 0.15) is 47.2 Å². The fourth-order valence-electron chi connectivity index (χ4n) is 6.65. The molecule has 0 N–H and O–H groups in total. The molecule has 0 aromatic heterocycles. The van der Waals surface area contributed by atoms with Crippen molar-refractivity contribution in [3.8, 4) is 22.3 Å². The van der Waals surface area contributed by atoms with Gasteiger partial charge in [-0.3, -0.25) is 0 Å². The molecule has 5 aromatic carbocycles. The predicted octanol–water partition coefficient (Wildman–Crippen LogP) is 9.12. The van der Waals surface area contributed by atoms with Gasteiger partial charge in [0.25, 0.3) is 0 Å². The van der Waals surface area contributed by atoms with Gasteiger partial charge in [0.2, 0.25) is 0 Å². The number of halogens is 1. The molecule has 2 aliphatic carbocycles. The Kier molecular flexibility index (Phi) is 4.36. The molecule has 168 valence electrons. The Balaban J connectivity index is 1.58. The van der Waals surface area contributed by atoms with Gasteiger partial charge < -0.3 is 0 Å². The van der Waals surface area contributed by atoms with E-state index in [2.05, 4.69) is 145 Å². The minimum absolute atomic E-state index is 0.0695. The number of hydrogen-bond donors (Lipinski definition) is 0. The molecule has 0 amide bonds. The van der Waals surface area contributed by atoms with Crippen LogP contribution in [0.25, 0.3) is 22.3 Å². The van der Waals surface area contributed by atoms with Crippen LogP contribution in [0.15, 0.2) is 120 Å². The molecule has 5 aromatic rings. The van der Waals surface area contributed by atoms with E-state index in [0.717, 1.165) is 4.47 Å². The third-order valence-corrected chi connectivity index (χ3v) is 8.72. The molecule has 2 aliphatic rings. The van der Waals surface area contributed by atoms with E-state index in [1.807, 2.05) is 0 Å². The molecule has 0 aliphatic heterocycles. The SMILES string of the molecule is CC1(C)c2cc(Br)ccc2-c2ccc(C3(c4ccccc4)c4ccccc4-c4ccccc43)cc21. The van der Waals surface area contributed by atoms with Gasteiger partial charge in [-0.2, -0.15) is 0 Å². The number of rotatable bonds is 2. The molecule has 7 rings (SSSR count). The summed E-state index contributed by atoms with van der Waals surface area (Å²) in [4.78, 5) is 0. The minimum atomic E-state index is -0.352. The van der Waals surface area contributed by atoms with E-state index in [1.165, 1.54) is 55.6 Å². The lowest BCUT2D eigenvalue weighted by atomic mass is 9.66. The second kappa shape index (κ2) is 7.29. The summed E-state index contributed by atoms with van der Waals surface area (Å²) in [7, 11) is 0. The average Bonchev–Trinajstić information content (AvgIpc) is 3.31. The van der Waals surface area contributed by atoms with E-state index in [4.69, 9.17) is 0 Å². The minimum Gasteiger partial charge on any atom is -0.0622 e. The number of benzene rings is 5. The third kappa shape index (κ3) is 2.68. The number of fused-ring (bicyclic) bond motifs is 6. The van der Waals surface area contributed by atoms with Crippen molar-refractivity contribution in [2.45, 2.75) is 24.7 Å². The van der Waals surface area contributed by atoms with Crippen molar-refractivity contribution in [2.24, 2.45) is 0 Å². The molecular formula is C34H25Br.